The number of nitrogen functional groups attached to an aromatic ring is 1. The minimum absolute atomic E-state index is 0.253. The first-order valence-corrected chi connectivity index (χ1v) is 8.01. The molecule has 25 heavy (non-hydrogen) atoms. The Balaban J connectivity index is 1.63. The van der Waals surface area contributed by atoms with Gasteiger partial charge in [-0.1, -0.05) is 12.1 Å². The lowest BCUT2D eigenvalue weighted by Crippen LogP contribution is -2.11. The molecule has 0 fully saturated rings. The fourth-order valence-corrected chi connectivity index (χ4v) is 3.01. The third-order valence-corrected chi connectivity index (χ3v) is 4.28. The molecule has 2 aromatic carbocycles. The summed E-state index contributed by atoms with van der Waals surface area (Å²) < 4.78 is 12.7. The number of ether oxygens (including phenoxy) is 2. The van der Waals surface area contributed by atoms with Gasteiger partial charge in [-0.2, -0.15) is 0 Å². The van der Waals surface area contributed by atoms with Gasteiger partial charge < -0.3 is 25.5 Å². The highest BCUT2D eigenvalue weighted by Gasteiger charge is 2.15. The van der Waals surface area contributed by atoms with Crippen molar-refractivity contribution >= 4 is 22.9 Å². The zero-order chi connectivity index (χ0) is 17.4. The maximum absolute atomic E-state index is 10.9. The van der Waals surface area contributed by atoms with Gasteiger partial charge in [0.15, 0.2) is 11.5 Å². The lowest BCUT2D eigenvalue weighted by atomic mass is 10.1. The van der Waals surface area contributed by atoms with Crippen LogP contribution in [-0.4, -0.2) is 22.3 Å². The van der Waals surface area contributed by atoms with Crippen LogP contribution in [0, 0.1) is 0 Å². The summed E-state index contributed by atoms with van der Waals surface area (Å²) in [5.74, 6) is 1.63. The van der Waals surface area contributed by atoms with E-state index < -0.39 is 0 Å². The molecule has 7 heteroatoms. The number of hydrogen-bond donors (Lipinski definition) is 2. The Labute approximate surface area is 144 Å². The normalized spacial score (nSPS) is 12.6. The molecule has 0 radical (unpaired) electrons. The van der Waals surface area contributed by atoms with Crippen molar-refractivity contribution in [2.45, 2.75) is 19.4 Å². The molecule has 0 unspecified atom stereocenters. The molecule has 0 atom stereocenters. The van der Waals surface area contributed by atoms with Crippen molar-refractivity contribution in [1.82, 2.24) is 9.55 Å². The van der Waals surface area contributed by atoms with Crippen LogP contribution >= 0.6 is 0 Å². The molecule has 2 heterocycles. The summed E-state index contributed by atoms with van der Waals surface area (Å²) in [4.78, 5) is 15.4. The van der Waals surface area contributed by atoms with E-state index in [1.807, 2.05) is 41.0 Å². The van der Waals surface area contributed by atoms with E-state index in [-0.39, 0.29) is 12.7 Å². The van der Waals surface area contributed by atoms with Gasteiger partial charge in [0, 0.05) is 6.42 Å². The second kappa shape index (κ2) is 6.01. The number of nitrogens with two attached hydrogens (primary N) is 2. The largest absolute Gasteiger partial charge is 0.454 e. The predicted molar refractivity (Wildman–Crippen MR) is 93.3 cm³/mol. The van der Waals surface area contributed by atoms with Gasteiger partial charge in [-0.3, -0.25) is 4.79 Å². The molecule has 4 rings (SSSR count). The molecule has 4 N–H and O–H groups in total. The number of fused-ring (bicyclic) bond motifs is 2. The van der Waals surface area contributed by atoms with Gasteiger partial charge in [0.2, 0.25) is 18.6 Å². The molecule has 1 amide bonds. The number of aromatic nitrogens is 2. The minimum atomic E-state index is -0.312. The molecule has 128 valence electrons. The maximum atomic E-state index is 10.9. The van der Waals surface area contributed by atoms with Crippen molar-refractivity contribution in [3.05, 3.63) is 47.5 Å². The number of aryl methyl sites for hydroxylation is 1. The van der Waals surface area contributed by atoms with E-state index >= 15 is 0 Å². The number of anilines is 1. The smallest absolute Gasteiger partial charge is 0.231 e. The van der Waals surface area contributed by atoms with Crippen molar-refractivity contribution in [2.24, 2.45) is 5.73 Å². The molecule has 1 aromatic heterocycles. The number of hydrogen-bond acceptors (Lipinski definition) is 5. The molecular formula is C18H18N4O3. The van der Waals surface area contributed by atoms with Gasteiger partial charge in [-0.25, -0.2) is 4.98 Å². The summed E-state index contributed by atoms with van der Waals surface area (Å²) in [7, 11) is 0. The first-order chi connectivity index (χ1) is 12.1. The Morgan fingerprint density at radius 2 is 1.92 bits per heavy atom. The van der Waals surface area contributed by atoms with Gasteiger partial charge in [-0.15, -0.1) is 0 Å². The Bertz CT molecular complexity index is 964. The molecule has 1 aliphatic heterocycles. The molecule has 0 saturated heterocycles. The van der Waals surface area contributed by atoms with Crippen LogP contribution in [0.3, 0.4) is 0 Å². The monoisotopic (exact) mass is 338 g/mol. The quantitative estimate of drug-likeness (QED) is 0.738. The van der Waals surface area contributed by atoms with Crippen LogP contribution in [0.5, 0.6) is 11.5 Å². The fraction of sp³-hybridized carbons (Fsp3) is 0.222. The number of benzene rings is 2. The predicted octanol–water partition coefficient (Wildman–Crippen LogP) is 1.81. The third-order valence-electron chi connectivity index (χ3n) is 4.28. The molecule has 3 aromatic rings. The third kappa shape index (κ3) is 2.96. The van der Waals surface area contributed by atoms with Crippen LogP contribution in [0.2, 0.25) is 0 Å². The summed E-state index contributed by atoms with van der Waals surface area (Å²) in [6, 6.07) is 11.7. The summed E-state index contributed by atoms with van der Waals surface area (Å²) in [5, 5.41) is 0. The highest BCUT2D eigenvalue weighted by molar-refractivity contribution is 5.79. The number of carbonyl (C=O) groups is 1. The van der Waals surface area contributed by atoms with Crippen molar-refractivity contribution in [2.75, 3.05) is 12.5 Å². The first kappa shape index (κ1) is 15.3. The molecule has 0 aliphatic carbocycles. The van der Waals surface area contributed by atoms with Gasteiger partial charge >= 0.3 is 0 Å². The van der Waals surface area contributed by atoms with E-state index in [0.717, 1.165) is 33.7 Å². The summed E-state index contributed by atoms with van der Waals surface area (Å²) in [6.07, 6.45) is 0.916. The van der Waals surface area contributed by atoms with Crippen LogP contribution < -0.4 is 20.9 Å². The van der Waals surface area contributed by atoms with Crippen LogP contribution in [0.25, 0.3) is 11.0 Å². The minimum Gasteiger partial charge on any atom is -0.454 e. The lowest BCUT2D eigenvalue weighted by molar-refractivity contribution is -0.117. The molecule has 7 nitrogen and oxygen atoms in total. The lowest BCUT2D eigenvalue weighted by Gasteiger charge is -2.08. The van der Waals surface area contributed by atoms with Crippen molar-refractivity contribution in [3.63, 3.8) is 0 Å². The number of rotatable bonds is 5. The summed E-state index contributed by atoms with van der Waals surface area (Å²) >= 11 is 0. The van der Waals surface area contributed by atoms with Crippen molar-refractivity contribution in [3.8, 4) is 11.5 Å². The topological polar surface area (TPSA) is 105 Å². The standard InChI is InChI=1S/C18H18N4O3/c19-17(23)6-3-11-1-4-14-13(7-11)21-18(20)22(14)9-12-2-5-15-16(8-12)25-10-24-15/h1-2,4-5,7-8H,3,6,9-10H2,(H2,19,23)(H2,20,21). The maximum Gasteiger partial charge on any atom is 0.231 e. The average molecular weight is 338 g/mol. The van der Waals surface area contributed by atoms with Crippen LogP contribution in [0.1, 0.15) is 17.5 Å². The van der Waals surface area contributed by atoms with Crippen LogP contribution in [0.4, 0.5) is 5.95 Å². The Morgan fingerprint density at radius 3 is 2.76 bits per heavy atom. The Kier molecular flexibility index (Phi) is 3.68. The van der Waals surface area contributed by atoms with E-state index in [1.165, 1.54) is 0 Å². The SMILES string of the molecule is NC(=O)CCc1ccc2c(c1)nc(N)n2Cc1ccc2c(c1)OCO2. The molecule has 1 aliphatic rings. The number of carbonyl (C=O) groups excluding carboxylic acids is 1. The zero-order valence-corrected chi connectivity index (χ0v) is 13.6. The number of imidazole rings is 1. The highest BCUT2D eigenvalue weighted by atomic mass is 16.7. The second-order valence-electron chi connectivity index (χ2n) is 6.03. The molecule has 0 saturated carbocycles. The Hall–Kier alpha value is -3.22. The van der Waals surface area contributed by atoms with E-state index in [2.05, 4.69) is 4.98 Å². The van der Waals surface area contributed by atoms with Crippen LogP contribution in [-0.2, 0) is 17.8 Å². The van der Waals surface area contributed by atoms with Crippen molar-refractivity contribution in [1.29, 1.82) is 0 Å². The first-order valence-electron chi connectivity index (χ1n) is 8.01. The number of amides is 1. The van der Waals surface area contributed by atoms with Crippen LogP contribution in [0.15, 0.2) is 36.4 Å². The number of nitrogens with zero attached hydrogens (tertiary/aromatic N) is 2. The Morgan fingerprint density at radius 1 is 1.12 bits per heavy atom. The second-order valence-corrected chi connectivity index (χ2v) is 6.03. The molecule has 0 bridgehead atoms. The van der Waals surface area contributed by atoms with E-state index in [1.54, 1.807) is 0 Å². The summed E-state index contributed by atoms with van der Waals surface area (Å²) in [5.41, 5.74) is 15.1. The number of primary amides is 1. The van der Waals surface area contributed by atoms with E-state index in [9.17, 15) is 4.79 Å². The fourth-order valence-electron chi connectivity index (χ4n) is 3.01. The summed E-state index contributed by atoms with van der Waals surface area (Å²) in [6.45, 7) is 0.836. The highest BCUT2D eigenvalue weighted by Crippen LogP contribution is 2.33. The zero-order valence-electron chi connectivity index (χ0n) is 13.6. The van der Waals surface area contributed by atoms with Gasteiger partial charge in [-0.05, 0) is 41.8 Å². The van der Waals surface area contributed by atoms with Gasteiger partial charge in [0.25, 0.3) is 0 Å². The van der Waals surface area contributed by atoms with Gasteiger partial charge in [0.05, 0.1) is 17.6 Å². The van der Waals surface area contributed by atoms with Crippen molar-refractivity contribution < 1.29 is 14.3 Å². The molecular weight excluding hydrogens is 320 g/mol. The van der Waals surface area contributed by atoms with E-state index in [0.29, 0.717) is 25.3 Å². The van der Waals surface area contributed by atoms with Gasteiger partial charge in [0.1, 0.15) is 0 Å². The van der Waals surface area contributed by atoms with E-state index in [4.69, 9.17) is 20.9 Å². The average Bonchev–Trinajstić information content (AvgIpc) is 3.17. The molecule has 0 spiro atoms.